The predicted octanol–water partition coefficient (Wildman–Crippen LogP) is 2.70. The van der Waals surface area contributed by atoms with E-state index in [2.05, 4.69) is 0 Å². The minimum Gasteiger partial charge on any atom is -0.444 e. The minimum absolute atomic E-state index is 0.0709. The second kappa shape index (κ2) is 5.19. The highest BCUT2D eigenvalue weighted by Gasteiger charge is 2.43. The summed E-state index contributed by atoms with van der Waals surface area (Å²) < 4.78 is 42.0. The molecule has 1 saturated heterocycles. The van der Waals surface area contributed by atoms with Crippen molar-refractivity contribution >= 4 is 6.09 Å². The predicted molar refractivity (Wildman–Crippen MR) is 62.7 cm³/mol. The molecule has 0 aromatic carbocycles. The Morgan fingerprint density at radius 3 is 2.11 bits per heavy atom. The number of rotatable bonds is 1. The number of nitrogens with zero attached hydrogens (tertiary/aromatic N) is 1. The van der Waals surface area contributed by atoms with Gasteiger partial charge in [-0.15, -0.1) is 0 Å². The molecular formula is C12H20F3NO3. The summed E-state index contributed by atoms with van der Waals surface area (Å²) in [6, 6.07) is 0. The Hall–Kier alpha value is -0.980. The zero-order chi connectivity index (χ0) is 14.9. The van der Waals surface area contributed by atoms with Gasteiger partial charge in [0.2, 0.25) is 0 Å². The first-order valence-corrected chi connectivity index (χ1v) is 6.17. The number of hydrogen-bond acceptors (Lipinski definition) is 3. The van der Waals surface area contributed by atoms with Crippen LogP contribution in [-0.2, 0) is 4.74 Å². The van der Waals surface area contributed by atoms with Crippen molar-refractivity contribution in [1.82, 2.24) is 4.90 Å². The third kappa shape index (κ3) is 5.67. The van der Waals surface area contributed by atoms with E-state index < -0.39 is 29.9 Å². The van der Waals surface area contributed by atoms with E-state index in [1.54, 1.807) is 20.8 Å². The number of aliphatic hydroxyl groups is 1. The van der Waals surface area contributed by atoms with Crippen LogP contribution in [0.2, 0.25) is 0 Å². The fraction of sp³-hybridized carbons (Fsp3) is 0.917. The molecule has 1 N–H and O–H groups in total. The normalized spacial score (nSPS) is 20.3. The van der Waals surface area contributed by atoms with E-state index in [9.17, 15) is 23.1 Å². The van der Waals surface area contributed by atoms with Crippen molar-refractivity contribution < 1.29 is 27.8 Å². The quantitative estimate of drug-likeness (QED) is 0.805. The summed E-state index contributed by atoms with van der Waals surface area (Å²) in [6.45, 7) is 5.29. The molecule has 1 aliphatic heterocycles. The molecule has 0 unspecified atom stereocenters. The van der Waals surface area contributed by atoms with Gasteiger partial charge in [-0.25, -0.2) is 4.79 Å². The monoisotopic (exact) mass is 283 g/mol. The van der Waals surface area contributed by atoms with Crippen LogP contribution in [0.4, 0.5) is 18.0 Å². The van der Waals surface area contributed by atoms with E-state index in [0.717, 1.165) is 0 Å². The van der Waals surface area contributed by atoms with Crippen LogP contribution in [0.25, 0.3) is 0 Å². The SMILES string of the molecule is CC(C)(C)OC(=O)N1CCC(O)(CC(F)(F)F)CC1. The first kappa shape index (κ1) is 16.1. The Bertz CT molecular complexity index is 328. The van der Waals surface area contributed by atoms with Crippen molar-refractivity contribution in [3.05, 3.63) is 0 Å². The number of amides is 1. The molecule has 0 radical (unpaired) electrons. The maximum absolute atomic E-state index is 12.3. The zero-order valence-corrected chi connectivity index (χ0v) is 11.4. The first-order valence-electron chi connectivity index (χ1n) is 6.17. The lowest BCUT2D eigenvalue weighted by atomic mass is 9.88. The minimum atomic E-state index is -4.40. The highest BCUT2D eigenvalue weighted by molar-refractivity contribution is 5.68. The molecule has 0 saturated carbocycles. The van der Waals surface area contributed by atoms with Gasteiger partial charge in [0.1, 0.15) is 5.60 Å². The fourth-order valence-corrected chi connectivity index (χ4v) is 1.98. The summed E-state index contributed by atoms with van der Waals surface area (Å²) >= 11 is 0. The van der Waals surface area contributed by atoms with Crippen molar-refractivity contribution in [3.8, 4) is 0 Å². The number of halogens is 3. The Labute approximate surface area is 110 Å². The number of likely N-dealkylation sites (tertiary alicyclic amines) is 1. The summed E-state index contributed by atoms with van der Waals surface area (Å²) in [5.74, 6) is 0. The standard InChI is InChI=1S/C12H20F3NO3/c1-10(2,3)19-9(17)16-6-4-11(18,5-7-16)8-12(13,14)15/h18H,4-8H2,1-3H3. The summed E-state index contributed by atoms with van der Waals surface area (Å²) in [5.41, 5.74) is -2.41. The Balaban J connectivity index is 2.51. The largest absolute Gasteiger partial charge is 0.444 e. The second-order valence-electron chi connectivity index (χ2n) is 5.98. The number of carbonyl (C=O) groups excluding carboxylic acids is 1. The van der Waals surface area contributed by atoms with Crippen molar-refractivity contribution in [2.45, 2.75) is 57.4 Å². The van der Waals surface area contributed by atoms with Crippen molar-refractivity contribution in [2.75, 3.05) is 13.1 Å². The van der Waals surface area contributed by atoms with Gasteiger partial charge in [-0.3, -0.25) is 0 Å². The average molecular weight is 283 g/mol. The first-order chi connectivity index (χ1) is 8.40. The van der Waals surface area contributed by atoms with Crippen LogP contribution in [0.1, 0.15) is 40.0 Å². The molecule has 112 valence electrons. The highest BCUT2D eigenvalue weighted by Crippen LogP contribution is 2.34. The third-order valence-electron chi connectivity index (χ3n) is 2.88. The van der Waals surface area contributed by atoms with Crippen LogP contribution in [0.5, 0.6) is 0 Å². The topological polar surface area (TPSA) is 49.8 Å². The van der Waals surface area contributed by atoms with Crippen LogP contribution in [0.15, 0.2) is 0 Å². The van der Waals surface area contributed by atoms with E-state index in [4.69, 9.17) is 4.74 Å². The molecular weight excluding hydrogens is 263 g/mol. The molecule has 7 heteroatoms. The van der Waals surface area contributed by atoms with Crippen molar-refractivity contribution in [1.29, 1.82) is 0 Å². The number of ether oxygens (including phenoxy) is 1. The average Bonchev–Trinajstić information content (AvgIpc) is 2.11. The van der Waals surface area contributed by atoms with Crippen LogP contribution in [0.3, 0.4) is 0 Å². The molecule has 0 aromatic heterocycles. The summed E-state index contributed by atoms with van der Waals surface area (Å²) in [4.78, 5) is 13.0. The molecule has 1 rings (SSSR count). The summed E-state index contributed by atoms with van der Waals surface area (Å²) in [6.07, 6.45) is -6.37. The van der Waals surface area contributed by atoms with Gasteiger partial charge in [-0.1, -0.05) is 0 Å². The molecule has 1 amide bonds. The zero-order valence-electron chi connectivity index (χ0n) is 11.4. The van der Waals surface area contributed by atoms with Gasteiger partial charge >= 0.3 is 12.3 Å². The number of hydrogen-bond donors (Lipinski definition) is 1. The Kier molecular flexibility index (Phi) is 4.39. The Morgan fingerprint density at radius 1 is 1.26 bits per heavy atom. The molecule has 19 heavy (non-hydrogen) atoms. The summed E-state index contributed by atoms with van der Waals surface area (Å²) in [7, 11) is 0. The van der Waals surface area contributed by atoms with E-state index in [0.29, 0.717) is 0 Å². The Morgan fingerprint density at radius 2 is 1.74 bits per heavy atom. The smallest absolute Gasteiger partial charge is 0.410 e. The van der Waals surface area contributed by atoms with E-state index in [1.807, 2.05) is 0 Å². The fourth-order valence-electron chi connectivity index (χ4n) is 1.98. The van der Waals surface area contributed by atoms with Gasteiger partial charge in [0, 0.05) is 13.1 Å². The van der Waals surface area contributed by atoms with Crippen LogP contribution in [0, 0.1) is 0 Å². The van der Waals surface area contributed by atoms with Gasteiger partial charge in [0.15, 0.2) is 0 Å². The van der Waals surface area contributed by atoms with Gasteiger partial charge in [-0.2, -0.15) is 13.2 Å². The summed E-state index contributed by atoms with van der Waals surface area (Å²) in [5, 5.41) is 9.84. The number of piperidine rings is 1. The van der Waals surface area contributed by atoms with E-state index in [1.165, 1.54) is 4.90 Å². The van der Waals surface area contributed by atoms with Crippen molar-refractivity contribution in [2.24, 2.45) is 0 Å². The van der Waals surface area contributed by atoms with Gasteiger partial charge in [0.05, 0.1) is 12.0 Å². The molecule has 1 fully saturated rings. The van der Waals surface area contributed by atoms with Crippen LogP contribution in [-0.4, -0.2) is 46.6 Å². The number of alkyl halides is 3. The maximum atomic E-state index is 12.3. The lowest BCUT2D eigenvalue weighted by Gasteiger charge is -2.38. The molecule has 1 aliphatic rings. The lowest BCUT2D eigenvalue weighted by Crippen LogP contribution is -2.49. The molecule has 0 bridgehead atoms. The molecule has 0 aliphatic carbocycles. The highest BCUT2D eigenvalue weighted by atomic mass is 19.4. The number of carbonyl (C=O) groups is 1. The van der Waals surface area contributed by atoms with E-state index >= 15 is 0 Å². The van der Waals surface area contributed by atoms with Gasteiger partial charge < -0.3 is 14.7 Å². The molecule has 1 heterocycles. The van der Waals surface area contributed by atoms with Gasteiger partial charge in [0.25, 0.3) is 0 Å². The van der Waals surface area contributed by atoms with Crippen LogP contribution >= 0.6 is 0 Å². The van der Waals surface area contributed by atoms with E-state index in [-0.39, 0.29) is 25.9 Å². The maximum Gasteiger partial charge on any atom is 0.410 e. The molecule has 0 spiro atoms. The molecule has 4 nitrogen and oxygen atoms in total. The molecule has 0 atom stereocenters. The third-order valence-corrected chi connectivity index (χ3v) is 2.88. The second-order valence-corrected chi connectivity index (χ2v) is 5.98. The van der Waals surface area contributed by atoms with Gasteiger partial charge in [-0.05, 0) is 33.6 Å². The van der Waals surface area contributed by atoms with Crippen molar-refractivity contribution in [3.63, 3.8) is 0 Å². The lowest BCUT2D eigenvalue weighted by molar-refractivity contribution is -0.183. The molecule has 0 aromatic rings. The van der Waals surface area contributed by atoms with Crippen LogP contribution < -0.4 is 0 Å².